The first kappa shape index (κ1) is 8.47. The predicted octanol–water partition coefficient (Wildman–Crippen LogP) is 0.504. The van der Waals surface area contributed by atoms with E-state index in [9.17, 15) is 8.42 Å². The molecular formula is C7H13NO3S. The average Bonchev–Trinajstić information content (AvgIpc) is 2.43. The molecule has 1 saturated heterocycles. The van der Waals surface area contributed by atoms with Crippen LogP contribution < -0.4 is 0 Å². The molecule has 70 valence electrons. The number of nitrogens with zero attached hydrogens (tertiary/aromatic N) is 1. The van der Waals surface area contributed by atoms with Crippen molar-refractivity contribution in [2.24, 2.45) is 0 Å². The topological polar surface area (TPSA) is 46.6 Å². The van der Waals surface area contributed by atoms with Gasteiger partial charge in [-0.25, -0.2) is 0 Å². The van der Waals surface area contributed by atoms with Crippen LogP contribution in [0.2, 0.25) is 0 Å². The number of hydrogen-bond donors (Lipinski definition) is 0. The molecule has 12 heavy (non-hydrogen) atoms. The lowest BCUT2D eigenvalue weighted by molar-refractivity contribution is 0.221. The summed E-state index contributed by atoms with van der Waals surface area (Å²) in [6, 6.07) is 0.125. The van der Waals surface area contributed by atoms with Crippen LogP contribution >= 0.6 is 0 Å². The molecule has 0 radical (unpaired) electrons. The molecule has 2 fully saturated rings. The van der Waals surface area contributed by atoms with Crippen molar-refractivity contribution < 1.29 is 12.6 Å². The fourth-order valence-corrected chi connectivity index (χ4v) is 3.65. The van der Waals surface area contributed by atoms with E-state index in [0.717, 1.165) is 19.3 Å². The molecule has 1 aliphatic carbocycles. The first-order valence-corrected chi connectivity index (χ1v) is 5.71. The van der Waals surface area contributed by atoms with Crippen molar-refractivity contribution in [3.63, 3.8) is 0 Å². The van der Waals surface area contributed by atoms with Gasteiger partial charge in [0.2, 0.25) is 0 Å². The first-order valence-electron chi connectivity index (χ1n) is 4.35. The van der Waals surface area contributed by atoms with Crippen LogP contribution in [0.5, 0.6) is 0 Å². The Hall–Kier alpha value is -0.130. The number of fused-ring (bicyclic) bond motifs is 1. The van der Waals surface area contributed by atoms with Crippen LogP contribution in [0.4, 0.5) is 0 Å². The summed E-state index contributed by atoms with van der Waals surface area (Å²) in [5.41, 5.74) is 0. The highest BCUT2D eigenvalue weighted by Crippen LogP contribution is 2.35. The van der Waals surface area contributed by atoms with E-state index in [1.165, 1.54) is 4.31 Å². The molecule has 0 amide bonds. The Bertz CT molecular complexity index is 274. The van der Waals surface area contributed by atoms with Gasteiger partial charge >= 0.3 is 10.3 Å². The zero-order valence-corrected chi connectivity index (χ0v) is 7.88. The van der Waals surface area contributed by atoms with Crippen molar-refractivity contribution in [2.75, 3.05) is 6.54 Å². The summed E-state index contributed by atoms with van der Waals surface area (Å²) in [4.78, 5) is 0. The smallest absolute Gasteiger partial charge is 0.253 e. The van der Waals surface area contributed by atoms with Gasteiger partial charge in [-0.1, -0.05) is 6.92 Å². The number of rotatable bonds is 1. The molecule has 2 aliphatic rings. The molecule has 1 aliphatic heterocycles. The van der Waals surface area contributed by atoms with E-state index in [1.54, 1.807) is 0 Å². The molecular weight excluding hydrogens is 178 g/mol. The first-order chi connectivity index (χ1) is 5.65. The lowest BCUT2D eigenvalue weighted by Crippen LogP contribution is -2.33. The van der Waals surface area contributed by atoms with Gasteiger partial charge < -0.3 is 0 Å². The predicted molar refractivity (Wildman–Crippen MR) is 43.8 cm³/mol. The monoisotopic (exact) mass is 191 g/mol. The molecule has 0 aromatic heterocycles. The average molecular weight is 191 g/mol. The van der Waals surface area contributed by atoms with Crippen molar-refractivity contribution in [1.82, 2.24) is 4.31 Å². The molecule has 5 heteroatoms. The standard InChI is InChI=1S/C7H13NO3S/c1-2-8-6-4-3-5-7(6)11-12(8,9)10/h6-7H,2-5H2,1H3. The van der Waals surface area contributed by atoms with E-state index in [4.69, 9.17) is 4.18 Å². The molecule has 0 N–H and O–H groups in total. The summed E-state index contributed by atoms with van der Waals surface area (Å²) in [7, 11) is -3.36. The summed E-state index contributed by atoms with van der Waals surface area (Å²) in [6.07, 6.45) is 2.87. The van der Waals surface area contributed by atoms with E-state index in [1.807, 2.05) is 6.92 Å². The van der Waals surface area contributed by atoms with E-state index < -0.39 is 10.3 Å². The van der Waals surface area contributed by atoms with Gasteiger partial charge in [-0.05, 0) is 19.3 Å². The fraction of sp³-hybridized carbons (Fsp3) is 1.00. The van der Waals surface area contributed by atoms with Crippen LogP contribution in [0.1, 0.15) is 26.2 Å². The Kier molecular flexibility index (Phi) is 1.89. The third-order valence-corrected chi connectivity index (χ3v) is 4.23. The second-order valence-electron chi connectivity index (χ2n) is 3.29. The Morgan fingerprint density at radius 3 is 2.92 bits per heavy atom. The Morgan fingerprint density at radius 2 is 2.25 bits per heavy atom. The zero-order chi connectivity index (χ0) is 8.77. The van der Waals surface area contributed by atoms with Crippen LogP contribution in [0.25, 0.3) is 0 Å². The quantitative estimate of drug-likeness (QED) is 0.606. The van der Waals surface area contributed by atoms with Crippen LogP contribution in [0.15, 0.2) is 0 Å². The maximum absolute atomic E-state index is 11.3. The maximum atomic E-state index is 11.3. The molecule has 1 saturated carbocycles. The van der Waals surface area contributed by atoms with E-state index in [2.05, 4.69) is 0 Å². The molecule has 2 rings (SSSR count). The highest BCUT2D eigenvalue weighted by molar-refractivity contribution is 7.84. The van der Waals surface area contributed by atoms with Crippen molar-refractivity contribution in [3.8, 4) is 0 Å². The largest absolute Gasteiger partial charge is 0.339 e. The van der Waals surface area contributed by atoms with Gasteiger partial charge in [-0.2, -0.15) is 12.7 Å². The van der Waals surface area contributed by atoms with Gasteiger partial charge in [0.15, 0.2) is 0 Å². The number of hydrogen-bond acceptors (Lipinski definition) is 3. The SMILES string of the molecule is CCN1C2CCCC2OS1(=O)=O. The zero-order valence-electron chi connectivity index (χ0n) is 7.06. The molecule has 4 nitrogen and oxygen atoms in total. The molecule has 0 bridgehead atoms. The van der Waals surface area contributed by atoms with E-state index in [0.29, 0.717) is 6.54 Å². The molecule has 2 atom stereocenters. The van der Waals surface area contributed by atoms with E-state index >= 15 is 0 Å². The fourth-order valence-electron chi connectivity index (χ4n) is 2.12. The van der Waals surface area contributed by atoms with Crippen LogP contribution in [-0.2, 0) is 14.5 Å². The molecule has 0 aromatic carbocycles. The van der Waals surface area contributed by atoms with Gasteiger partial charge in [0.25, 0.3) is 0 Å². The maximum Gasteiger partial charge on any atom is 0.339 e. The summed E-state index contributed by atoms with van der Waals surface area (Å²) in [5.74, 6) is 0. The van der Waals surface area contributed by atoms with Crippen molar-refractivity contribution >= 4 is 10.3 Å². The lowest BCUT2D eigenvalue weighted by Gasteiger charge is -2.15. The second-order valence-corrected chi connectivity index (χ2v) is 4.81. The van der Waals surface area contributed by atoms with Gasteiger partial charge in [-0.15, -0.1) is 0 Å². The van der Waals surface area contributed by atoms with Gasteiger partial charge in [0.05, 0.1) is 12.1 Å². The van der Waals surface area contributed by atoms with Gasteiger partial charge in [0.1, 0.15) is 0 Å². The summed E-state index contributed by atoms with van der Waals surface area (Å²) >= 11 is 0. The van der Waals surface area contributed by atoms with Crippen LogP contribution in [-0.4, -0.2) is 31.4 Å². The summed E-state index contributed by atoms with van der Waals surface area (Å²) < 4.78 is 29.1. The third kappa shape index (κ3) is 1.08. The van der Waals surface area contributed by atoms with Crippen molar-refractivity contribution in [3.05, 3.63) is 0 Å². The van der Waals surface area contributed by atoms with Crippen LogP contribution in [0, 0.1) is 0 Å². The highest BCUT2D eigenvalue weighted by atomic mass is 32.2. The second kappa shape index (κ2) is 2.68. The minimum Gasteiger partial charge on any atom is -0.253 e. The van der Waals surface area contributed by atoms with Crippen molar-refractivity contribution in [2.45, 2.75) is 38.3 Å². The number of likely N-dealkylation sites (N-methyl/N-ethyl adjacent to an activating group) is 1. The van der Waals surface area contributed by atoms with Crippen molar-refractivity contribution in [1.29, 1.82) is 0 Å². The Morgan fingerprint density at radius 1 is 1.50 bits per heavy atom. The van der Waals surface area contributed by atoms with E-state index in [-0.39, 0.29) is 12.1 Å². The molecule has 2 unspecified atom stereocenters. The van der Waals surface area contributed by atoms with Gasteiger partial charge in [-0.3, -0.25) is 4.18 Å². The van der Waals surface area contributed by atoms with Crippen LogP contribution in [0.3, 0.4) is 0 Å². The Balaban J connectivity index is 2.28. The molecule has 0 spiro atoms. The minimum absolute atomic E-state index is 0.0602. The highest BCUT2D eigenvalue weighted by Gasteiger charge is 2.47. The lowest BCUT2D eigenvalue weighted by atomic mass is 10.2. The molecule has 1 heterocycles. The normalized spacial score (nSPS) is 40.1. The Labute approximate surface area is 72.8 Å². The van der Waals surface area contributed by atoms with Gasteiger partial charge in [0, 0.05) is 6.54 Å². The summed E-state index contributed by atoms with van der Waals surface area (Å²) in [5, 5.41) is 0. The minimum atomic E-state index is -3.36. The third-order valence-electron chi connectivity index (χ3n) is 2.63. The summed E-state index contributed by atoms with van der Waals surface area (Å²) in [6.45, 7) is 2.38. The molecule has 0 aromatic rings.